The van der Waals surface area contributed by atoms with Crippen molar-refractivity contribution in [2.75, 3.05) is 10.6 Å². The maximum atomic E-state index is 12.4. The van der Waals surface area contributed by atoms with Gasteiger partial charge in [-0.1, -0.05) is 49.6 Å². The molecule has 0 spiro atoms. The van der Waals surface area contributed by atoms with Gasteiger partial charge in [-0.15, -0.1) is 0 Å². The molecule has 3 rings (SSSR count). The van der Waals surface area contributed by atoms with E-state index in [2.05, 4.69) is 10.6 Å². The number of anilines is 3. The summed E-state index contributed by atoms with van der Waals surface area (Å²) in [5, 5.41) is 6.47. The minimum absolute atomic E-state index is 0.155. The van der Waals surface area contributed by atoms with Gasteiger partial charge in [0, 0.05) is 11.6 Å². The van der Waals surface area contributed by atoms with Crippen molar-refractivity contribution in [3.63, 3.8) is 0 Å². The first kappa shape index (κ1) is 14.6. The van der Waals surface area contributed by atoms with Gasteiger partial charge in [0.25, 0.3) is 0 Å². The minimum atomic E-state index is 0.155. The Balaban J connectivity index is 1.72. The van der Waals surface area contributed by atoms with Crippen LogP contribution in [-0.4, -0.2) is 5.91 Å². The van der Waals surface area contributed by atoms with Crippen LogP contribution < -0.4 is 10.6 Å². The van der Waals surface area contributed by atoms with Gasteiger partial charge in [-0.2, -0.15) is 0 Å². The van der Waals surface area contributed by atoms with Crippen molar-refractivity contribution in [1.82, 2.24) is 0 Å². The second kappa shape index (κ2) is 7.12. The molecule has 1 amide bonds. The van der Waals surface area contributed by atoms with Crippen LogP contribution in [0.5, 0.6) is 0 Å². The molecule has 22 heavy (non-hydrogen) atoms. The molecule has 2 aromatic carbocycles. The summed E-state index contributed by atoms with van der Waals surface area (Å²) in [6, 6.07) is 17.9. The summed E-state index contributed by atoms with van der Waals surface area (Å²) in [4.78, 5) is 12.4. The monoisotopic (exact) mass is 294 g/mol. The summed E-state index contributed by atoms with van der Waals surface area (Å²) in [5.41, 5.74) is 2.79. The highest BCUT2D eigenvalue weighted by molar-refractivity contribution is 5.96. The molecular formula is C19H22N2O. The number of carbonyl (C=O) groups excluding carboxylic acids is 1. The van der Waals surface area contributed by atoms with E-state index in [-0.39, 0.29) is 11.8 Å². The van der Waals surface area contributed by atoms with Crippen LogP contribution in [0.25, 0.3) is 0 Å². The lowest BCUT2D eigenvalue weighted by molar-refractivity contribution is -0.120. The lowest BCUT2D eigenvalue weighted by atomic mass is 9.88. The smallest absolute Gasteiger partial charge is 0.227 e. The topological polar surface area (TPSA) is 41.1 Å². The number of carbonyl (C=O) groups is 1. The zero-order valence-corrected chi connectivity index (χ0v) is 12.7. The molecule has 1 fully saturated rings. The molecule has 0 bridgehead atoms. The summed E-state index contributed by atoms with van der Waals surface area (Å²) in [7, 11) is 0. The van der Waals surface area contributed by atoms with Crippen molar-refractivity contribution in [2.24, 2.45) is 5.92 Å². The van der Waals surface area contributed by atoms with Crippen molar-refractivity contribution in [1.29, 1.82) is 0 Å². The van der Waals surface area contributed by atoms with Crippen LogP contribution in [0.3, 0.4) is 0 Å². The SMILES string of the molecule is O=C(Nc1ccccc1Nc1ccccc1)C1CCCCC1. The van der Waals surface area contributed by atoms with Gasteiger partial charge in [-0.3, -0.25) is 4.79 Å². The Bertz CT molecular complexity index is 618. The Kier molecular flexibility index (Phi) is 4.74. The van der Waals surface area contributed by atoms with E-state index < -0.39 is 0 Å². The van der Waals surface area contributed by atoms with Gasteiger partial charge in [-0.05, 0) is 37.1 Å². The van der Waals surface area contributed by atoms with Crippen LogP contribution in [-0.2, 0) is 4.79 Å². The number of benzene rings is 2. The molecule has 0 unspecified atom stereocenters. The van der Waals surface area contributed by atoms with Crippen molar-refractivity contribution < 1.29 is 4.79 Å². The standard InChI is InChI=1S/C19H22N2O/c22-19(15-9-3-1-4-10-15)21-18-14-8-7-13-17(18)20-16-11-5-2-6-12-16/h2,5-8,11-15,20H,1,3-4,9-10H2,(H,21,22). The van der Waals surface area contributed by atoms with E-state index in [1.807, 2.05) is 54.6 Å². The lowest BCUT2D eigenvalue weighted by Crippen LogP contribution is -2.25. The van der Waals surface area contributed by atoms with Gasteiger partial charge in [0.05, 0.1) is 11.4 Å². The molecule has 114 valence electrons. The average molecular weight is 294 g/mol. The van der Waals surface area contributed by atoms with E-state index in [1.165, 1.54) is 19.3 Å². The maximum Gasteiger partial charge on any atom is 0.227 e. The van der Waals surface area contributed by atoms with Crippen LogP contribution >= 0.6 is 0 Å². The molecule has 2 aromatic rings. The van der Waals surface area contributed by atoms with Gasteiger partial charge >= 0.3 is 0 Å². The summed E-state index contributed by atoms with van der Waals surface area (Å²) < 4.78 is 0. The molecule has 1 saturated carbocycles. The van der Waals surface area contributed by atoms with Gasteiger partial charge in [0.15, 0.2) is 0 Å². The Morgan fingerprint density at radius 2 is 1.45 bits per heavy atom. The molecule has 1 aliphatic rings. The van der Waals surface area contributed by atoms with Crippen molar-refractivity contribution in [2.45, 2.75) is 32.1 Å². The molecule has 2 N–H and O–H groups in total. The number of hydrogen-bond acceptors (Lipinski definition) is 2. The van der Waals surface area contributed by atoms with Crippen LogP contribution in [0, 0.1) is 5.92 Å². The fraction of sp³-hybridized carbons (Fsp3) is 0.316. The molecule has 0 aliphatic heterocycles. The Morgan fingerprint density at radius 1 is 0.818 bits per heavy atom. The molecule has 0 atom stereocenters. The largest absolute Gasteiger partial charge is 0.354 e. The molecule has 0 saturated heterocycles. The van der Waals surface area contributed by atoms with Crippen LogP contribution in [0.2, 0.25) is 0 Å². The maximum absolute atomic E-state index is 12.4. The van der Waals surface area contributed by atoms with E-state index >= 15 is 0 Å². The summed E-state index contributed by atoms with van der Waals surface area (Å²) in [5.74, 6) is 0.320. The highest BCUT2D eigenvalue weighted by Crippen LogP contribution is 2.28. The third-order valence-corrected chi connectivity index (χ3v) is 4.21. The normalized spacial score (nSPS) is 15.3. The van der Waals surface area contributed by atoms with Crippen LogP contribution in [0.4, 0.5) is 17.1 Å². The first-order valence-electron chi connectivity index (χ1n) is 8.05. The fourth-order valence-corrected chi connectivity index (χ4v) is 2.98. The van der Waals surface area contributed by atoms with Gasteiger partial charge in [0.1, 0.15) is 0 Å². The van der Waals surface area contributed by atoms with E-state index in [0.717, 1.165) is 29.9 Å². The predicted molar refractivity (Wildman–Crippen MR) is 91.4 cm³/mol. The fourth-order valence-electron chi connectivity index (χ4n) is 2.98. The van der Waals surface area contributed by atoms with Crippen LogP contribution in [0.1, 0.15) is 32.1 Å². The van der Waals surface area contributed by atoms with E-state index in [0.29, 0.717) is 0 Å². The number of hydrogen-bond donors (Lipinski definition) is 2. The molecule has 0 heterocycles. The summed E-state index contributed by atoms with van der Waals surface area (Å²) in [6.07, 6.45) is 5.63. The first-order valence-corrected chi connectivity index (χ1v) is 8.05. The molecule has 3 nitrogen and oxygen atoms in total. The predicted octanol–water partition coefficient (Wildman–Crippen LogP) is 4.95. The van der Waals surface area contributed by atoms with E-state index in [1.54, 1.807) is 0 Å². The highest BCUT2D eigenvalue weighted by Gasteiger charge is 2.21. The minimum Gasteiger partial charge on any atom is -0.354 e. The lowest BCUT2D eigenvalue weighted by Gasteiger charge is -2.21. The quantitative estimate of drug-likeness (QED) is 0.837. The van der Waals surface area contributed by atoms with Crippen molar-refractivity contribution in [3.8, 4) is 0 Å². The molecular weight excluding hydrogens is 272 g/mol. The van der Waals surface area contributed by atoms with Crippen molar-refractivity contribution in [3.05, 3.63) is 54.6 Å². The molecule has 0 radical (unpaired) electrons. The Labute approximate surface area is 131 Å². The van der Waals surface area contributed by atoms with E-state index in [4.69, 9.17) is 0 Å². The zero-order chi connectivity index (χ0) is 15.2. The zero-order valence-electron chi connectivity index (χ0n) is 12.7. The average Bonchev–Trinajstić information content (AvgIpc) is 2.58. The molecule has 0 aromatic heterocycles. The first-order chi connectivity index (χ1) is 10.8. The number of rotatable bonds is 4. The molecule has 1 aliphatic carbocycles. The van der Waals surface area contributed by atoms with Gasteiger partial charge < -0.3 is 10.6 Å². The third kappa shape index (κ3) is 3.67. The number of para-hydroxylation sites is 3. The third-order valence-electron chi connectivity index (χ3n) is 4.21. The summed E-state index contributed by atoms with van der Waals surface area (Å²) in [6.45, 7) is 0. The number of amides is 1. The van der Waals surface area contributed by atoms with E-state index in [9.17, 15) is 4.79 Å². The van der Waals surface area contributed by atoms with Crippen molar-refractivity contribution >= 4 is 23.0 Å². The van der Waals surface area contributed by atoms with Gasteiger partial charge in [-0.25, -0.2) is 0 Å². The second-order valence-electron chi connectivity index (χ2n) is 5.86. The molecule has 3 heteroatoms. The number of nitrogens with one attached hydrogen (secondary N) is 2. The Morgan fingerprint density at radius 3 is 2.18 bits per heavy atom. The highest BCUT2D eigenvalue weighted by atomic mass is 16.1. The Hall–Kier alpha value is -2.29. The van der Waals surface area contributed by atoms with Crippen LogP contribution in [0.15, 0.2) is 54.6 Å². The second-order valence-corrected chi connectivity index (χ2v) is 5.86. The summed E-state index contributed by atoms with van der Waals surface area (Å²) >= 11 is 0. The van der Waals surface area contributed by atoms with Gasteiger partial charge in [0.2, 0.25) is 5.91 Å².